The first-order chi connectivity index (χ1) is 13.6. The van der Waals surface area contributed by atoms with Crippen LogP contribution in [0.4, 0.5) is 5.69 Å². The van der Waals surface area contributed by atoms with Crippen LogP contribution in [-0.2, 0) is 6.42 Å². The smallest absolute Gasteiger partial charge is 0.275 e. The van der Waals surface area contributed by atoms with Crippen LogP contribution in [-0.4, -0.2) is 30.6 Å². The number of halogens is 1. The molecular formula is C19H15ClN6O2. The molecule has 4 rings (SSSR count). The quantitative estimate of drug-likeness (QED) is 0.553. The average molecular weight is 395 g/mol. The topological polar surface area (TPSA) is 98.7 Å². The Bertz CT molecular complexity index is 1120. The van der Waals surface area contributed by atoms with Gasteiger partial charge in [-0.1, -0.05) is 23.7 Å². The predicted molar refractivity (Wildman–Crippen MR) is 103 cm³/mol. The third-order valence-electron chi connectivity index (χ3n) is 3.96. The number of rotatable bonds is 5. The van der Waals surface area contributed by atoms with Crippen molar-refractivity contribution >= 4 is 23.2 Å². The SMILES string of the molecule is CCc1noc(-c2cccnc2-n2cnc(C(=O)Nc3ccc(Cl)cc3)c2)n1. The van der Waals surface area contributed by atoms with Crippen LogP contribution in [0.15, 0.2) is 59.6 Å². The van der Waals surface area contributed by atoms with E-state index < -0.39 is 0 Å². The molecule has 0 aliphatic carbocycles. The van der Waals surface area contributed by atoms with Gasteiger partial charge < -0.3 is 9.84 Å². The molecule has 3 aromatic heterocycles. The zero-order chi connectivity index (χ0) is 19.5. The molecule has 0 atom stereocenters. The number of amides is 1. The number of pyridine rings is 1. The number of anilines is 1. The zero-order valence-electron chi connectivity index (χ0n) is 14.8. The number of nitrogens with one attached hydrogen (secondary N) is 1. The van der Waals surface area contributed by atoms with Crippen molar-refractivity contribution < 1.29 is 9.32 Å². The highest BCUT2D eigenvalue weighted by molar-refractivity contribution is 6.30. The van der Waals surface area contributed by atoms with Gasteiger partial charge in [0.25, 0.3) is 11.8 Å². The largest absolute Gasteiger partial charge is 0.334 e. The summed E-state index contributed by atoms with van der Waals surface area (Å²) in [5.41, 5.74) is 1.52. The van der Waals surface area contributed by atoms with Crippen LogP contribution in [0.25, 0.3) is 17.3 Å². The van der Waals surface area contributed by atoms with Crippen molar-refractivity contribution in [1.82, 2.24) is 24.7 Å². The predicted octanol–water partition coefficient (Wildman–Crippen LogP) is 3.79. The van der Waals surface area contributed by atoms with Crippen molar-refractivity contribution in [2.45, 2.75) is 13.3 Å². The third-order valence-corrected chi connectivity index (χ3v) is 4.22. The summed E-state index contributed by atoms with van der Waals surface area (Å²) in [6.45, 7) is 1.94. The summed E-state index contributed by atoms with van der Waals surface area (Å²) in [7, 11) is 0. The maximum absolute atomic E-state index is 12.5. The van der Waals surface area contributed by atoms with Crippen LogP contribution in [0.3, 0.4) is 0 Å². The Hall–Kier alpha value is -3.52. The number of benzene rings is 1. The molecular weight excluding hydrogens is 380 g/mol. The van der Waals surface area contributed by atoms with Gasteiger partial charge in [-0.2, -0.15) is 4.98 Å². The van der Waals surface area contributed by atoms with Crippen LogP contribution < -0.4 is 5.32 Å². The second kappa shape index (κ2) is 7.61. The molecule has 0 saturated heterocycles. The summed E-state index contributed by atoms with van der Waals surface area (Å²) >= 11 is 5.86. The lowest BCUT2D eigenvalue weighted by Gasteiger charge is -2.05. The van der Waals surface area contributed by atoms with Gasteiger partial charge in [-0.05, 0) is 36.4 Å². The van der Waals surface area contributed by atoms with Gasteiger partial charge in [0.2, 0.25) is 0 Å². The molecule has 28 heavy (non-hydrogen) atoms. The van der Waals surface area contributed by atoms with Crippen LogP contribution in [0, 0.1) is 0 Å². The van der Waals surface area contributed by atoms with Gasteiger partial charge in [-0.25, -0.2) is 9.97 Å². The van der Waals surface area contributed by atoms with Gasteiger partial charge in [-0.3, -0.25) is 9.36 Å². The number of aromatic nitrogens is 5. The molecule has 0 radical (unpaired) electrons. The lowest BCUT2D eigenvalue weighted by Crippen LogP contribution is -2.12. The minimum atomic E-state index is -0.343. The van der Waals surface area contributed by atoms with Crippen LogP contribution in [0.1, 0.15) is 23.2 Å². The van der Waals surface area contributed by atoms with E-state index in [2.05, 4.69) is 25.4 Å². The molecule has 0 aliphatic rings. The number of nitrogens with zero attached hydrogens (tertiary/aromatic N) is 5. The Kier molecular flexibility index (Phi) is 4.86. The Balaban J connectivity index is 1.61. The molecule has 0 fully saturated rings. The molecule has 1 aromatic carbocycles. The molecule has 1 N–H and O–H groups in total. The van der Waals surface area contributed by atoms with Gasteiger partial charge >= 0.3 is 0 Å². The highest BCUT2D eigenvalue weighted by atomic mass is 35.5. The van der Waals surface area contributed by atoms with E-state index in [4.69, 9.17) is 16.1 Å². The Morgan fingerprint density at radius 2 is 2.04 bits per heavy atom. The first-order valence-corrected chi connectivity index (χ1v) is 8.91. The summed E-state index contributed by atoms with van der Waals surface area (Å²) in [6.07, 6.45) is 5.41. The molecule has 0 unspecified atom stereocenters. The molecule has 1 amide bonds. The molecule has 8 nitrogen and oxygen atoms in total. The zero-order valence-corrected chi connectivity index (χ0v) is 15.6. The number of imidazole rings is 1. The Labute approximate surface area is 165 Å². The van der Waals surface area contributed by atoms with E-state index in [9.17, 15) is 4.79 Å². The Morgan fingerprint density at radius 3 is 2.79 bits per heavy atom. The summed E-state index contributed by atoms with van der Waals surface area (Å²) in [5, 5.41) is 7.29. The van der Waals surface area contributed by atoms with E-state index >= 15 is 0 Å². The highest BCUT2D eigenvalue weighted by Crippen LogP contribution is 2.24. The number of carbonyl (C=O) groups excluding carboxylic acids is 1. The standard InChI is InChI=1S/C19H15ClN6O2/c1-2-16-24-19(28-25-16)14-4-3-9-21-17(14)26-10-15(22-11-26)18(27)23-13-7-5-12(20)6-8-13/h3-11H,2H2,1H3,(H,23,27). The molecule has 4 aromatic rings. The summed E-state index contributed by atoms with van der Waals surface area (Å²) in [5.74, 6) is 1.16. The van der Waals surface area contributed by atoms with Crippen molar-refractivity contribution in [3.8, 4) is 17.3 Å². The van der Waals surface area contributed by atoms with E-state index in [1.54, 1.807) is 47.3 Å². The van der Waals surface area contributed by atoms with Crippen molar-refractivity contribution in [3.63, 3.8) is 0 Å². The van der Waals surface area contributed by atoms with Crippen molar-refractivity contribution in [3.05, 3.63) is 71.7 Å². The molecule has 3 heterocycles. The van der Waals surface area contributed by atoms with Crippen molar-refractivity contribution in [1.29, 1.82) is 0 Å². The number of hydrogen-bond donors (Lipinski definition) is 1. The van der Waals surface area contributed by atoms with Gasteiger partial charge in [0.1, 0.15) is 12.0 Å². The van der Waals surface area contributed by atoms with Crippen LogP contribution >= 0.6 is 11.6 Å². The van der Waals surface area contributed by atoms with E-state index in [1.165, 1.54) is 6.33 Å². The monoisotopic (exact) mass is 394 g/mol. The van der Waals surface area contributed by atoms with Gasteiger partial charge in [-0.15, -0.1) is 0 Å². The number of carbonyl (C=O) groups is 1. The lowest BCUT2D eigenvalue weighted by molar-refractivity contribution is 0.102. The average Bonchev–Trinajstić information content (AvgIpc) is 3.39. The lowest BCUT2D eigenvalue weighted by atomic mass is 10.2. The molecule has 0 spiro atoms. The Morgan fingerprint density at radius 1 is 1.21 bits per heavy atom. The normalized spacial score (nSPS) is 10.8. The second-order valence-corrected chi connectivity index (χ2v) is 6.31. The minimum Gasteiger partial charge on any atom is -0.334 e. The molecule has 0 bridgehead atoms. The molecule has 9 heteroatoms. The third kappa shape index (κ3) is 3.63. The first kappa shape index (κ1) is 17.9. The highest BCUT2D eigenvalue weighted by Gasteiger charge is 2.17. The van der Waals surface area contributed by atoms with Crippen LogP contribution in [0.2, 0.25) is 5.02 Å². The summed E-state index contributed by atoms with van der Waals surface area (Å²) in [6, 6.07) is 10.4. The maximum Gasteiger partial charge on any atom is 0.275 e. The molecule has 0 aliphatic heterocycles. The fourth-order valence-corrected chi connectivity index (χ4v) is 2.69. The van der Waals surface area contributed by atoms with Crippen molar-refractivity contribution in [2.75, 3.05) is 5.32 Å². The van der Waals surface area contributed by atoms with E-state index in [1.807, 2.05) is 13.0 Å². The molecule has 140 valence electrons. The minimum absolute atomic E-state index is 0.242. The van der Waals surface area contributed by atoms with E-state index in [-0.39, 0.29) is 11.6 Å². The number of hydrogen-bond acceptors (Lipinski definition) is 6. The summed E-state index contributed by atoms with van der Waals surface area (Å²) < 4.78 is 6.96. The first-order valence-electron chi connectivity index (χ1n) is 8.53. The fourth-order valence-electron chi connectivity index (χ4n) is 2.56. The van der Waals surface area contributed by atoms with Gasteiger partial charge in [0.05, 0.1) is 5.56 Å². The van der Waals surface area contributed by atoms with Crippen LogP contribution in [0.5, 0.6) is 0 Å². The summed E-state index contributed by atoms with van der Waals surface area (Å²) in [4.78, 5) is 25.4. The van der Waals surface area contributed by atoms with E-state index in [0.29, 0.717) is 40.2 Å². The van der Waals surface area contributed by atoms with Gasteiger partial charge in [0, 0.05) is 29.5 Å². The van der Waals surface area contributed by atoms with Crippen molar-refractivity contribution in [2.24, 2.45) is 0 Å². The van der Waals surface area contributed by atoms with E-state index in [0.717, 1.165) is 0 Å². The maximum atomic E-state index is 12.5. The fraction of sp³-hybridized carbons (Fsp3) is 0.105. The second-order valence-electron chi connectivity index (χ2n) is 5.87. The molecule has 0 saturated carbocycles. The van der Waals surface area contributed by atoms with Gasteiger partial charge in [0.15, 0.2) is 11.6 Å². The number of aryl methyl sites for hydroxylation is 1.